The van der Waals surface area contributed by atoms with Gasteiger partial charge < -0.3 is 20.9 Å². The number of nitrogens with zero attached hydrogens (tertiary/aromatic N) is 1. The Kier molecular flexibility index (Phi) is 8.36. The highest BCUT2D eigenvalue weighted by Gasteiger charge is 2.32. The van der Waals surface area contributed by atoms with E-state index in [1.54, 1.807) is 37.5 Å². The number of primary amides is 1. The van der Waals surface area contributed by atoms with E-state index in [1.165, 1.54) is 4.90 Å². The number of methoxy groups -OCH3 is 1. The molecule has 160 valence electrons. The molecule has 0 spiro atoms. The molecule has 4 N–H and O–H groups in total. The summed E-state index contributed by atoms with van der Waals surface area (Å²) in [4.78, 5) is 48.5. The SMILES string of the molecule is COc1ccc(/C=C2/SC(=S)N(CCC(=O)N[C@@H](CCC(N)=O)C(=O)O)C2=O)cc1. The van der Waals surface area contributed by atoms with Gasteiger partial charge in [-0.3, -0.25) is 19.3 Å². The Bertz CT molecular complexity index is 885. The van der Waals surface area contributed by atoms with E-state index in [0.717, 1.165) is 17.3 Å². The second-order valence-corrected chi connectivity index (χ2v) is 8.00. The molecule has 11 heteroatoms. The molecule has 0 radical (unpaired) electrons. The number of carbonyl (C=O) groups is 4. The van der Waals surface area contributed by atoms with Crippen molar-refractivity contribution in [3.05, 3.63) is 34.7 Å². The first kappa shape index (κ1) is 23.4. The Labute approximate surface area is 182 Å². The lowest BCUT2D eigenvalue weighted by Crippen LogP contribution is -2.42. The second kappa shape index (κ2) is 10.7. The predicted octanol–water partition coefficient (Wildman–Crippen LogP) is 1.12. The molecule has 1 aliphatic rings. The van der Waals surface area contributed by atoms with Crippen LogP contribution >= 0.6 is 24.0 Å². The number of carboxylic acid groups (broad SMARTS) is 1. The number of amides is 3. The van der Waals surface area contributed by atoms with Gasteiger partial charge in [-0.1, -0.05) is 36.1 Å². The fourth-order valence-corrected chi connectivity index (χ4v) is 3.88. The number of benzene rings is 1. The van der Waals surface area contributed by atoms with Crippen LogP contribution in [0.5, 0.6) is 5.75 Å². The lowest BCUT2D eigenvalue weighted by molar-refractivity contribution is -0.142. The Morgan fingerprint density at radius 3 is 2.53 bits per heavy atom. The molecular formula is C19H21N3O6S2. The number of rotatable bonds is 10. The van der Waals surface area contributed by atoms with Crippen LogP contribution in [0.4, 0.5) is 0 Å². The summed E-state index contributed by atoms with van der Waals surface area (Å²) in [6, 6.07) is 5.92. The Morgan fingerprint density at radius 1 is 1.30 bits per heavy atom. The molecule has 0 saturated carbocycles. The summed E-state index contributed by atoms with van der Waals surface area (Å²) in [5, 5.41) is 11.5. The number of aliphatic carboxylic acids is 1. The molecule has 0 unspecified atom stereocenters. The van der Waals surface area contributed by atoms with Gasteiger partial charge in [-0.25, -0.2) is 4.79 Å². The minimum atomic E-state index is -1.27. The first-order valence-electron chi connectivity index (χ1n) is 8.91. The van der Waals surface area contributed by atoms with Crippen LogP contribution in [0.1, 0.15) is 24.8 Å². The lowest BCUT2D eigenvalue weighted by atomic mass is 10.1. The topological polar surface area (TPSA) is 139 Å². The number of hydrogen-bond acceptors (Lipinski definition) is 7. The smallest absolute Gasteiger partial charge is 0.326 e. The van der Waals surface area contributed by atoms with E-state index in [1.807, 2.05) is 0 Å². The number of nitrogens with two attached hydrogens (primary N) is 1. The largest absolute Gasteiger partial charge is 0.497 e. The van der Waals surface area contributed by atoms with E-state index < -0.39 is 23.8 Å². The first-order valence-corrected chi connectivity index (χ1v) is 10.1. The summed E-state index contributed by atoms with van der Waals surface area (Å²) in [5.41, 5.74) is 5.81. The normalized spacial score (nSPS) is 15.9. The fraction of sp³-hybridized carbons (Fsp3) is 0.316. The minimum absolute atomic E-state index is 0.0125. The maximum absolute atomic E-state index is 12.6. The minimum Gasteiger partial charge on any atom is -0.497 e. The summed E-state index contributed by atoms with van der Waals surface area (Å²) in [5.74, 6) is -2.12. The molecule has 30 heavy (non-hydrogen) atoms. The van der Waals surface area contributed by atoms with Crippen molar-refractivity contribution in [2.24, 2.45) is 5.73 Å². The second-order valence-electron chi connectivity index (χ2n) is 6.32. The van der Waals surface area contributed by atoms with E-state index in [9.17, 15) is 19.2 Å². The number of carbonyl (C=O) groups excluding carboxylic acids is 3. The molecule has 1 atom stereocenters. The van der Waals surface area contributed by atoms with Crippen LogP contribution in [-0.4, -0.2) is 57.7 Å². The molecule has 1 aromatic carbocycles. The molecule has 0 bridgehead atoms. The standard InChI is InChI=1S/C19H21N3O6S2/c1-28-12-4-2-11(3-5-12)10-14-17(25)22(19(29)30-14)9-8-16(24)21-13(18(26)27)6-7-15(20)23/h2-5,10,13H,6-9H2,1H3,(H2,20,23)(H,21,24)(H,26,27)/b14-10+/t13-/m0/s1. The van der Waals surface area contributed by atoms with Crippen LogP contribution in [0.3, 0.4) is 0 Å². The third-order valence-corrected chi connectivity index (χ3v) is 5.54. The molecule has 1 aliphatic heterocycles. The number of thioether (sulfide) groups is 1. The number of thiocarbonyl (C=S) groups is 1. The van der Waals surface area contributed by atoms with Gasteiger partial charge in [0.15, 0.2) is 0 Å². The van der Waals surface area contributed by atoms with Gasteiger partial charge in [0.05, 0.1) is 12.0 Å². The van der Waals surface area contributed by atoms with E-state index in [4.69, 9.17) is 27.8 Å². The quantitative estimate of drug-likeness (QED) is 0.355. The zero-order valence-electron chi connectivity index (χ0n) is 16.1. The molecule has 3 amide bonds. The molecule has 9 nitrogen and oxygen atoms in total. The van der Waals surface area contributed by atoms with Gasteiger partial charge in [-0.15, -0.1) is 0 Å². The highest BCUT2D eigenvalue weighted by molar-refractivity contribution is 8.26. The van der Waals surface area contributed by atoms with Crippen molar-refractivity contribution in [2.45, 2.75) is 25.3 Å². The Hall–Kier alpha value is -2.92. The van der Waals surface area contributed by atoms with Crippen molar-refractivity contribution in [2.75, 3.05) is 13.7 Å². The third kappa shape index (κ3) is 6.56. The van der Waals surface area contributed by atoms with Gasteiger partial charge in [0.1, 0.15) is 16.1 Å². The molecule has 1 saturated heterocycles. The molecule has 1 fully saturated rings. The maximum atomic E-state index is 12.6. The predicted molar refractivity (Wildman–Crippen MR) is 115 cm³/mol. The van der Waals surface area contributed by atoms with Crippen molar-refractivity contribution >= 4 is 58.1 Å². The highest BCUT2D eigenvalue weighted by atomic mass is 32.2. The average Bonchev–Trinajstić information content (AvgIpc) is 2.96. The van der Waals surface area contributed by atoms with Gasteiger partial charge in [0, 0.05) is 19.4 Å². The number of ether oxygens (including phenoxy) is 1. The lowest BCUT2D eigenvalue weighted by Gasteiger charge is -2.16. The van der Waals surface area contributed by atoms with E-state index >= 15 is 0 Å². The van der Waals surface area contributed by atoms with Crippen LogP contribution in [0.2, 0.25) is 0 Å². The molecular weight excluding hydrogens is 430 g/mol. The molecule has 0 aromatic heterocycles. The van der Waals surface area contributed by atoms with Gasteiger partial charge in [0.25, 0.3) is 5.91 Å². The van der Waals surface area contributed by atoms with Crippen LogP contribution in [0.15, 0.2) is 29.2 Å². The van der Waals surface area contributed by atoms with Crippen LogP contribution in [-0.2, 0) is 19.2 Å². The first-order chi connectivity index (χ1) is 14.2. The maximum Gasteiger partial charge on any atom is 0.326 e. The zero-order valence-corrected chi connectivity index (χ0v) is 17.8. The van der Waals surface area contributed by atoms with E-state index in [0.29, 0.717) is 15.0 Å². The number of nitrogens with one attached hydrogen (secondary N) is 1. The number of carboxylic acids is 1. The molecule has 2 rings (SSSR count). The van der Waals surface area contributed by atoms with Crippen molar-refractivity contribution in [3.63, 3.8) is 0 Å². The Balaban J connectivity index is 1.94. The van der Waals surface area contributed by atoms with Crippen LogP contribution < -0.4 is 15.8 Å². The van der Waals surface area contributed by atoms with Crippen molar-refractivity contribution in [1.29, 1.82) is 0 Å². The monoisotopic (exact) mass is 451 g/mol. The molecule has 1 heterocycles. The molecule has 1 aromatic rings. The molecule has 0 aliphatic carbocycles. The van der Waals surface area contributed by atoms with Crippen molar-refractivity contribution in [3.8, 4) is 5.75 Å². The van der Waals surface area contributed by atoms with E-state index in [2.05, 4.69) is 5.32 Å². The third-order valence-electron chi connectivity index (χ3n) is 4.16. The van der Waals surface area contributed by atoms with E-state index in [-0.39, 0.29) is 31.7 Å². The summed E-state index contributed by atoms with van der Waals surface area (Å²) in [6.45, 7) is 0.0125. The van der Waals surface area contributed by atoms with Gasteiger partial charge >= 0.3 is 5.97 Å². The van der Waals surface area contributed by atoms with Crippen LogP contribution in [0.25, 0.3) is 6.08 Å². The van der Waals surface area contributed by atoms with Crippen LogP contribution in [0, 0.1) is 0 Å². The summed E-state index contributed by atoms with van der Waals surface area (Å²) >= 11 is 6.36. The van der Waals surface area contributed by atoms with Gasteiger partial charge in [-0.05, 0) is 30.2 Å². The summed E-state index contributed by atoms with van der Waals surface area (Å²) < 4.78 is 5.41. The average molecular weight is 452 g/mol. The summed E-state index contributed by atoms with van der Waals surface area (Å²) in [6.07, 6.45) is 1.29. The van der Waals surface area contributed by atoms with Crippen molar-refractivity contribution < 1.29 is 29.0 Å². The van der Waals surface area contributed by atoms with Gasteiger partial charge in [-0.2, -0.15) is 0 Å². The Morgan fingerprint density at radius 2 is 1.97 bits per heavy atom. The van der Waals surface area contributed by atoms with Gasteiger partial charge in [0.2, 0.25) is 11.8 Å². The van der Waals surface area contributed by atoms with Crippen molar-refractivity contribution in [1.82, 2.24) is 10.2 Å². The highest BCUT2D eigenvalue weighted by Crippen LogP contribution is 2.32. The number of hydrogen-bond donors (Lipinski definition) is 3. The zero-order chi connectivity index (χ0) is 22.3. The summed E-state index contributed by atoms with van der Waals surface area (Å²) in [7, 11) is 1.56. The fourth-order valence-electron chi connectivity index (χ4n) is 2.57.